The number of nitrogens with one attached hydrogen (secondary N) is 1. The number of benzene rings is 2. The lowest BCUT2D eigenvalue weighted by molar-refractivity contribution is -0.126. The van der Waals surface area contributed by atoms with E-state index in [9.17, 15) is 4.79 Å². The van der Waals surface area contributed by atoms with E-state index in [1.54, 1.807) is 7.11 Å². The van der Waals surface area contributed by atoms with E-state index in [0.29, 0.717) is 6.54 Å². The number of carbonyl (C=O) groups is 1. The summed E-state index contributed by atoms with van der Waals surface area (Å²) in [5.41, 5.74) is 2.27. The molecule has 1 fully saturated rings. The van der Waals surface area contributed by atoms with Crippen LogP contribution in [0.3, 0.4) is 0 Å². The van der Waals surface area contributed by atoms with Crippen LogP contribution in [0.25, 0.3) is 0 Å². The molecule has 1 aliphatic rings. The third kappa shape index (κ3) is 5.23. The Morgan fingerprint density at radius 3 is 2.62 bits per heavy atom. The van der Waals surface area contributed by atoms with E-state index in [0.717, 1.165) is 48.8 Å². The Hall–Kier alpha value is -2.04. The minimum absolute atomic E-state index is 0.0937. The molecule has 1 aliphatic heterocycles. The van der Waals surface area contributed by atoms with Crippen LogP contribution in [0.5, 0.6) is 5.75 Å². The van der Waals surface area contributed by atoms with Crippen molar-refractivity contribution in [1.29, 1.82) is 0 Å². The van der Waals surface area contributed by atoms with E-state index in [4.69, 9.17) is 16.3 Å². The summed E-state index contributed by atoms with van der Waals surface area (Å²) < 4.78 is 5.22. The molecule has 26 heavy (non-hydrogen) atoms. The predicted octanol–water partition coefficient (Wildman–Crippen LogP) is 3.88. The molecule has 3 rings (SSSR count). The number of rotatable bonds is 6. The Kier molecular flexibility index (Phi) is 6.53. The maximum absolute atomic E-state index is 12.5. The first-order valence-electron chi connectivity index (χ1n) is 9.01. The van der Waals surface area contributed by atoms with Crippen LogP contribution in [0, 0.1) is 5.92 Å². The number of amides is 1. The third-order valence-electron chi connectivity index (χ3n) is 4.85. The van der Waals surface area contributed by atoms with Gasteiger partial charge in [-0.2, -0.15) is 0 Å². The molecule has 0 saturated carbocycles. The lowest BCUT2D eigenvalue weighted by atomic mass is 9.95. The number of methoxy groups -OCH3 is 1. The minimum Gasteiger partial charge on any atom is -0.497 e. The Balaban J connectivity index is 1.44. The molecule has 0 bridgehead atoms. The highest BCUT2D eigenvalue weighted by atomic mass is 35.5. The van der Waals surface area contributed by atoms with Crippen molar-refractivity contribution < 1.29 is 9.53 Å². The first kappa shape index (κ1) is 18.7. The summed E-state index contributed by atoms with van der Waals surface area (Å²) >= 11 is 6.05. The van der Waals surface area contributed by atoms with Gasteiger partial charge in [-0.05, 0) is 61.3 Å². The average Bonchev–Trinajstić information content (AvgIpc) is 2.67. The highest BCUT2D eigenvalue weighted by Crippen LogP contribution is 2.21. The van der Waals surface area contributed by atoms with Gasteiger partial charge >= 0.3 is 0 Å². The van der Waals surface area contributed by atoms with E-state index in [1.165, 1.54) is 5.56 Å². The van der Waals surface area contributed by atoms with Gasteiger partial charge in [0.2, 0.25) is 5.91 Å². The van der Waals surface area contributed by atoms with E-state index >= 15 is 0 Å². The third-order valence-corrected chi connectivity index (χ3v) is 5.09. The summed E-state index contributed by atoms with van der Waals surface area (Å²) in [6.45, 7) is 3.30. The molecular weight excluding hydrogens is 348 g/mol. The first-order valence-corrected chi connectivity index (χ1v) is 9.39. The monoisotopic (exact) mass is 372 g/mol. The Labute approximate surface area is 160 Å². The maximum atomic E-state index is 12.5. The van der Waals surface area contributed by atoms with E-state index in [2.05, 4.69) is 16.3 Å². The molecule has 0 radical (unpaired) electrons. The van der Waals surface area contributed by atoms with E-state index in [1.807, 2.05) is 42.5 Å². The molecule has 1 saturated heterocycles. The predicted molar refractivity (Wildman–Crippen MR) is 104 cm³/mol. The molecular formula is C21H25ClN2O2. The molecule has 138 valence electrons. The number of hydrogen-bond donors (Lipinski definition) is 1. The van der Waals surface area contributed by atoms with Crippen molar-refractivity contribution in [1.82, 2.24) is 10.2 Å². The molecule has 0 unspecified atom stereocenters. The molecule has 0 spiro atoms. The van der Waals surface area contributed by atoms with Crippen molar-refractivity contribution in [3.8, 4) is 5.75 Å². The standard InChI is InChI=1S/C21H25ClN2O2/c1-26-20-7-3-4-16(13-20)14-23-21(25)18-8-10-24(11-9-18)15-17-5-2-6-19(22)12-17/h2-7,12-13,18H,8-11,14-15H2,1H3,(H,23,25). The van der Waals surface area contributed by atoms with Gasteiger partial charge in [-0.25, -0.2) is 0 Å². The van der Waals surface area contributed by atoms with Gasteiger partial charge in [-0.15, -0.1) is 0 Å². The molecule has 1 amide bonds. The maximum Gasteiger partial charge on any atom is 0.223 e. The first-order chi connectivity index (χ1) is 12.6. The van der Waals surface area contributed by atoms with E-state index in [-0.39, 0.29) is 11.8 Å². The van der Waals surface area contributed by atoms with Crippen molar-refractivity contribution in [2.24, 2.45) is 5.92 Å². The fourth-order valence-corrected chi connectivity index (χ4v) is 3.58. The zero-order chi connectivity index (χ0) is 18.4. The number of nitrogens with zero attached hydrogens (tertiary/aromatic N) is 1. The van der Waals surface area contributed by atoms with Crippen LogP contribution in [-0.2, 0) is 17.9 Å². The van der Waals surface area contributed by atoms with Gasteiger partial charge in [0.25, 0.3) is 0 Å². The quantitative estimate of drug-likeness (QED) is 0.836. The summed E-state index contributed by atoms with van der Waals surface area (Å²) in [7, 11) is 1.65. The summed E-state index contributed by atoms with van der Waals surface area (Å²) in [6, 6.07) is 15.8. The second kappa shape index (κ2) is 9.06. The number of hydrogen-bond acceptors (Lipinski definition) is 3. The fourth-order valence-electron chi connectivity index (χ4n) is 3.36. The summed E-state index contributed by atoms with van der Waals surface area (Å²) in [5, 5.41) is 3.83. The van der Waals surface area contributed by atoms with Gasteiger partial charge in [0.05, 0.1) is 7.11 Å². The van der Waals surface area contributed by atoms with E-state index < -0.39 is 0 Å². The van der Waals surface area contributed by atoms with Crippen LogP contribution in [0.1, 0.15) is 24.0 Å². The minimum atomic E-state index is 0.0937. The second-order valence-electron chi connectivity index (χ2n) is 6.75. The molecule has 1 N–H and O–H groups in total. The van der Waals surface area contributed by atoms with Crippen molar-refractivity contribution in [2.75, 3.05) is 20.2 Å². The van der Waals surface area contributed by atoms with Crippen LogP contribution in [0.15, 0.2) is 48.5 Å². The average molecular weight is 373 g/mol. The topological polar surface area (TPSA) is 41.6 Å². The Bertz CT molecular complexity index is 742. The number of halogens is 1. The summed E-state index contributed by atoms with van der Waals surface area (Å²) in [5.74, 6) is 1.05. The van der Waals surface area contributed by atoms with Crippen LogP contribution in [0.4, 0.5) is 0 Å². The highest BCUT2D eigenvalue weighted by Gasteiger charge is 2.24. The van der Waals surface area contributed by atoms with Crippen LogP contribution < -0.4 is 10.1 Å². The van der Waals surface area contributed by atoms with Crippen molar-refractivity contribution >= 4 is 17.5 Å². The Morgan fingerprint density at radius 1 is 1.15 bits per heavy atom. The molecule has 5 heteroatoms. The van der Waals surface area contributed by atoms with Crippen molar-refractivity contribution in [2.45, 2.75) is 25.9 Å². The van der Waals surface area contributed by atoms with Crippen molar-refractivity contribution in [3.05, 3.63) is 64.7 Å². The smallest absolute Gasteiger partial charge is 0.223 e. The van der Waals surface area contributed by atoms with Gasteiger partial charge in [-0.1, -0.05) is 35.9 Å². The highest BCUT2D eigenvalue weighted by molar-refractivity contribution is 6.30. The molecule has 0 aliphatic carbocycles. The van der Waals surface area contributed by atoms with Crippen LogP contribution in [-0.4, -0.2) is 31.0 Å². The SMILES string of the molecule is COc1cccc(CNC(=O)C2CCN(Cc3cccc(Cl)c3)CC2)c1. The molecule has 2 aromatic carbocycles. The molecule has 4 nitrogen and oxygen atoms in total. The summed E-state index contributed by atoms with van der Waals surface area (Å²) in [6.07, 6.45) is 1.79. The largest absolute Gasteiger partial charge is 0.497 e. The lowest BCUT2D eigenvalue weighted by Gasteiger charge is -2.31. The van der Waals surface area contributed by atoms with Gasteiger partial charge in [0, 0.05) is 24.0 Å². The molecule has 0 atom stereocenters. The van der Waals surface area contributed by atoms with Crippen LogP contribution >= 0.6 is 11.6 Å². The van der Waals surface area contributed by atoms with Gasteiger partial charge in [0.1, 0.15) is 5.75 Å². The normalized spacial score (nSPS) is 15.6. The van der Waals surface area contributed by atoms with Gasteiger partial charge in [0.15, 0.2) is 0 Å². The fraction of sp³-hybridized carbons (Fsp3) is 0.381. The van der Waals surface area contributed by atoms with Gasteiger partial charge in [-0.3, -0.25) is 9.69 Å². The molecule has 1 heterocycles. The van der Waals surface area contributed by atoms with Gasteiger partial charge < -0.3 is 10.1 Å². The molecule has 0 aromatic heterocycles. The second-order valence-corrected chi connectivity index (χ2v) is 7.19. The number of ether oxygens (including phenoxy) is 1. The number of piperidine rings is 1. The summed E-state index contributed by atoms with van der Waals surface area (Å²) in [4.78, 5) is 14.8. The lowest BCUT2D eigenvalue weighted by Crippen LogP contribution is -2.40. The molecule has 2 aromatic rings. The van der Waals surface area contributed by atoms with Crippen molar-refractivity contribution in [3.63, 3.8) is 0 Å². The zero-order valence-electron chi connectivity index (χ0n) is 15.1. The number of carbonyl (C=O) groups excluding carboxylic acids is 1. The Morgan fingerprint density at radius 2 is 1.88 bits per heavy atom. The van der Waals surface area contributed by atoms with Crippen LogP contribution in [0.2, 0.25) is 5.02 Å². The zero-order valence-corrected chi connectivity index (χ0v) is 15.8. The number of likely N-dealkylation sites (tertiary alicyclic amines) is 1.